The van der Waals surface area contributed by atoms with Gasteiger partial charge in [-0.1, -0.05) is 25.7 Å². The summed E-state index contributed by atoms with van der Waals surface area (Å²) in [6.07, 6.45) is 7.52. The van der Waals surface area contributed by atoms with Crippen molar-refractivity contribution in [2.45, 2.75) is 64.0 Å². The monoisotopic (exact) mass is 291 g/mol. The van der Waals surface area contributed by atoms with Crippen molar-refractivity contribution in [3.8, 4) is 0 Å². The molecule has 0 saturated heterocycles. The molecule has 21 heavy (non-hydrogen) atoms. The van der Waals surface area contributed by atoms with Crippen molar-refractivity contribution in [1.29, 1.82) is 0 Å². The molecule has 0 amide bonds. The van der Waals surface area contributed by atoms with E-state index in [1.807, 2.05) is 6.92 Å². The van der Waals surface area contributed by atoms with Crippen LogP contribution in [0.3, 0.4) is 0 Å². The first-order valence-electron chi connectivity index (χ1n) is 8.22. The minimum Gasteiger partial charge on any atom is -0.367 e. The second kappa shape index (κ2) is 6.28. The average Bonchev–Trinajstić information content (AvgIpc) is 2.74. The lowest BCUT2D eigenvalue weighted by atomic mass is 9.92. The van der Waals surface area contributed by atoms with Crippen molar-refractivity contribution >= 4 is 0 Å². The molecule has 1 aromatic rings. The molecule has 0 radical (unpaired) electrons. The molecule has 3 rings (SSSR count). The van der Waals surface area contributed by atoms with Crippen LogP contribution in [0.2, 0.25) is 0 Å². The third-order valence-corrected chi connectivity index (χ3v) is 4.70. The molecular formula is C16H25N3O2. The van der Waals surface area contributed by atoms with Crippen molar-refractivity contribution < 1.29 is 4.74 Å². The summed E-state index contributed by atoms with van der Waals surface area (Å²) in [6.45, 7) is 4.19. The number of nitrogens with zero attached hydrogens (tertiary/aromatic N) is 1. The van der Waals surface area contributed by atoms with Crippen LogP contribution >= 0.6 is 0 Å². The lowest BCUT2D eigenvalue weighted by molar-refractivity contribution is -0.0628. The van der Waals surface area contributed by atoms with Gasteiger partial charge < -0.3 is 15.0 Å². The van der Waals surface area contributed by atoms with Gasteiger partial charge in [0.05, 0.1) is 11.3 Å². The van der Waals surface area contributed by atoms with Crippen molar-refractivity contribution in [2.75, 3.05) is 13.2 Å². The maximum absolute atomic E-state index is 12.4. The van der Waals surface area contributed by atoms with Crippen molar-refractivity contribution in [2.24, 2.45) is 0 Å². The van der Waals surface area contributed by atoms with Crippen LogP contribution in [-0.4, -0.2) is 23.1 Å². The number of hydrogen-bond donors (Lipinski definition) is 2. The lowest BCUT2D eigenvalue weighted by Gasteiger charge is -2.32. The van der Waals surface area contributed by atoms with Crippen molar-refractivity contribution in [3.05, 3.63) is 27.4 Å². The number of H-pyrrole nitrogens is 1. The second-order valence-electron chi connectivity index (χ2n) is 6.11. The molecule has 2 heterocycles. The number of nitrogens with one attached hydrogen (secondary N) is 2. The number of aromatic nitrogens is 2. The Morgan fingerprint density at radius 1 is 1.24 bits per heavy atom. The number of rotatable bonds is 3. The van der Waals surface area contributed by atoms with E-state index in [1.54, 1.807) is 0 Å². The second-order valence-corrected chi connectivity index (χ2v) is 6.11. The summed E-state index contributed by atoms with van der Waals surface area (Å²) in [4.78, 5) is 20.2. The van der Waals surface area contributed by atoms with Crippen LogP contribution in [-0.2, 0) is 23.3 Å². The molecule has 5 nitrogen and oxygen atoms in total. The van der Waals surface area contributed by atoms with Gasteiger partial charge in [-0.3, -0.25) is 4.79 Å². The molecule has 0 unspecified atom stereocenters. The van der Waals surface area contributed by atoms with Gasteiger partial charge >= 0.3 is 0 Å². The first-order chi connectivity index (χ1) is 10.2. The minimum atomic E-state index is -0.385. The van der Waals surface area contributed by atoms with Crippen LogP contribution in [0.5, 0.6) is 0 Å². The Balaban J connectivity index is 2.02. The molecule has 0 aromatic carbocycles. The molecule has 5 heteroatoms. The molecule has 1 fully saturated rings. The summed E-state index contributed by atoms with van der Waals surface area (Å²) in [6, 6.07) is 0. The summed E-state index contributed by atoms with van der Waals surface area (Å²) in [5.41, 5.74) is 1.37. The summed E-state index contributed by atoms with van der Waals surface area (Å²) < 4.78 is 6.13. The predicted molar refractivity (Wildman–Crippen MR) is 81.3 cm³/mol. The molecule has 1 saturated carbocycles. The number of aromatic amines is 1. The largest absolute Gasteiger partial charge is 0.367 e. The van der Waals surface area contributed by atoms with Crippen molar-refractivity contribution in [3.63, 3.8) is 0 Å². The van der Waals surface area contributed by atoms with Crippen LogP contribution < -0.4 is 10.9 Å². The van der Waals surface area contributed by atoms with Crippen LogP contribution in [0.15, 0.2) is 4.79 Å². The highest BCUT2D eigenvalue weighted by Crippen LogP contribution is 2.37. The van der Waals surface area contributed by atoms with E-state index in [-0.39, 0.29) is 11.2 Å². The molecule has 1 aliphatic heterocycles. The molecule has 2 N–H and O–H groups in total. The Morgan fingerprint density at radius 3 is 2.71 bits per heavy atom. The molecule has 0 spiro atoms. The SMILES string of the molecule is CCOC1(c2nc3c(c(=O)[nH]2)CNCC3)CCCCCC1. The Labute approximate surface area is 125 Å². The van der Waals surface area contributed by atoms with E-state index in [2.05, 4.69) is 10.3 Å². The summed E-state index contributed by atoms with van der Waals surface area (Å²) in [5.74, 6) is 0.761. The fourth-order valence-corrected chi connectivity index (χ4v) is 3.59. The maximum Gasteiger partial charge on any atom is 0.255 e. The summed E-state index contributed by atoms with van der Waals surface area (Å²) in [7, 11) is 0. The van der Waals surface area contributed by atoms with Crippen LogP contribution in [0.4, 0.5) is 0 Å². The fraction of sp³-hybridized carbons (Fsp3) is 0.750. The highest BCUT2D eigenvalue weighted by Gasteiger charge is 2.37. The molecule has 2 aliphatic rings. The van der Waals surface area contributed by atoms with Gasteiger partial charge in [0.15, 0.2) is 0 Å². The standard InChI is InChI=1S/C16H25N3O2/c1-2-21-16(8-5-3-4-6-9-16)15-18-13-7-10-17-11-12(13)14(20)19-15/h17H,2-11H2,1H3,(H,18,19,20). The first kappa shape index (κ1) is 14.7. The van der Waals surface area contributed by atoms with E-state index in [0.29, 0.717) is 13.2 Å². The van der Waals surface area contributed by atoms with Gasteiger partial charge in [-0.25, -0.2) is 4.98 Å². The molecule has 0 atom stereocenters. The maximum atomic E-state index is 12.4. The zero-order valence-electron chi connectivity index (χ0n) is 12.8. The van der Waals surface area contributed by atoms with Crippen LogP contribution in [0, 0.1) is 0 Å². The zero-order valence-corrected chi connectivity index (χ0v) is 12.8. The number of hydrogen-bond acceptors (Lipinski definition) is 4. The Morgan fingerprint density at radius 2 is 2.00 bits per heavy atom. The fourth-order valence-electron chi connectivity index (χ4n) is 3.59. The molecule has 1 aromatic heterocycles. The highest BCUT2D eigenvalue weighted by atomic mass is 16.5. The number of ether oxygens (including phenoxy) is 1. The quantitative estimate of drug-likeness (QED) is 0.836. The third-order valence-electron chi connectivity index (χ3n) is 4.70. The van der Waals surface area contributed by atoms with Crippen LogP contribution in [0.1, 0.15) is 62.5 Å². The minimum absolute atomic E-state index is 0.00512. The normalized spacial score (nSPS) is 21.6. The van der Waals surface area contributed by atoms with Gasteiger partial charge in [0, 0.05) is 26.1 Å². The third kappa shape index (κ3) is 2.90. The Hall–Kier alpha value is -1.20. The van der Waals surface area contributed by atoms with E-state index in [0.717, 1.165) is 55.7 Å². The van der Waals surface area contributed by atoms with E-state index < -0.39 is 0 Å². The smallest absolute Gasteiger partial charge is 0.255 e. The van der Waals surface area contributed by atoms with Gasteiger partial charge in [-0.05, 0) is 19.8 Å². The zero-order chi connectivity index (χ0) is 14.7. The average molecular weight is 291 g/mol. The lowest BCUT2D eigenvalue weighted by Crippen LogP contribution is -2.38. The van der Waals surface area contributed by atoms with Gasteiger partial charge in [-0.15, -0.1) is 0 Å². The molecule has 116 valence electrons. The predicted octanol–water partition coefficient (Wildman–Crippen LogP) is 2.00. The molecule has 1 aliphatic carbocycles. The molecular weight excluding hydrogens is 266 g/mol. The van der Waals surface area contributed by atoms with E-state index in [1.165, 1.54) is 12.8 Å². The van der Waals surface area contributed by atoms with Gasteiger partial charge in [0.1, 0.15) is 11.4 Å². The highest BCUT2D eigenvalue weighted by molar-refractivity contribution is 5.22. The Kier molecular flexibility index (Phi) is 4.40. The van der Waals surface area contributed by atoms with E-state index >= 15 is 0 Å². The van der Waals surface area contributed by atoms with Gasteiger partial charge in [-0.2, -0.15) is 0 Å². The van der Waals surface area contributed by atoms with Crippen LogP contribution in [0.25, 0.3) is 0 Å². The first-order valence-corrected chi connectivity index (χ1v) is 8.22. The van der Waals surface area contributed by atoms with Gasteiger partial charge in [0.25, 0.3) is 5.56 Å². The number of fused-ring (bicyclic) bond motifs is 1. The van der Waals surface area contributed by atoms with E-state index in [4.69, 9.17) is 9.72 Å². The Bertz CT molecular complexity index is 545. The molecule has 0 bridgehead atoms. The summed E-state index contributed by atoms with van der Waals surface area (Å²) in [5, 5.41) is 3.23. The van der Waals surface area contributed by atoms with E-state index in [9.17, 15) is 4.79 Å². The topological polar surface area (TPSA) is 67.0 Å². The summed E-state index contributed by atoms with van der Waals surface area (Å²) >= 11 is 0. The van der Waals surface area contributed by atoms with Gasteiger partial charge in [0.2, 0.25) is 0 Å². The van der Waals surface area contributed by atoms with Crippen molar-refractivity contribution in [1.82, 2.24) is 15.3 Å².